The molecule has 0 spiro atoms. The average molecular weight is 285 g/mol. The third kappa shape index (κ3) is 2.59. The fourth-order valence-electron chi connectivity index (χ4n) is 2.11. The van der Waals surface area contributed by atoms with Gasteiger partial charge in [0.15, 0.2) is 0 Å². The van der Waals surface area contributed by atoms with Gasteiger partial charge in [0.05, 0.1) is 11.1 Å². The lowest BCUT2D eigenvalue weighted by Crippen LogP contribution is -2.17. The number of carbonyl (C=O) groups excluding carboxylic acids is 1. The van der Waals surface area contributed by atoms with Crippen molar-refractivity contribution in [3.05, 3.63) is 59.2 Å². The number of carboxylic acid groups (broad SMARTS) is 2. The zero-order chi connectivity index (χ0) is 15.6. The van der Waals surface area contributed by atoms with E-state index in [1.807, 2.05) is 0 Å². The van der Waals surface area contributed by atoms with Crippen LogP contribution in [0.2, 0.25) is 0 Å². The lowest BCUT2D eigenvalue weighted by molar-refractivity contribution is 0.0652. The van der Waals surface area contributed by atoms with E-state index in [-0.39, 0.29) is 11.1 Å². The summed E-state index contributed by atoms with van der Waals surface area (Å²) in [6.45, 7) is 0. The third-order valence-corrected chi connectivity index (χ3v) is 2.98. The number of nitrogens with two attached hydrogens (primary N) is 1. The molecular weight excluding hydrogens is 274 g/mol. The Morgan fingerprint density at radius 1 is 0.810 bits per heavy atom. The molecule has 1 amide bonds. The molecule has 2 aromatic rings. The molecule has 0 saturated heterocycles. The van der Waals surface area contributed by atoms with Crippen LogP contribution in [0, 0.1) is 0 Å². The highest BCUT2D eigenvalue weighted by atomic mass is 16.4. The van der Waals surface area contributed by atoms with Crippen molar-refractivity contribution >= 4 is 17.8 Å². The summed E-state index contributed by atoms with van der Waals surface area (Å²) in [6, 6.07) is 10.5. The largest absolute Gasteiger partial charge is 0.478 e. The first-order chi connectivity index (χ1) is 9.93. The van der Waals surface area contributed by atoms with Gasteiger partial charge in [-0.15, -0.1) is 0 Å². The molecule has 0 heterocycles. The molecule has 6 nitrogen and oxygen atoms in total. The van der Waals surface area contributed by atoms with Crippen molar-refractivity contribution in [2.24, 2.45) is 5.73 Å². The molecule has 2 aromatic carbocycles. The van der Waals surface area contributed by atoms with E-state index in [0.29, 0.717) is 5.56 Å². The minimum Gasteiger partial charge on any atom is -0.478 e. The topological polar surface area (TPSA) is 118 Å². The summed E-state index contributed by atoms with van der Waals surface area (Å²) in [7, 11) is 0. The second-order valence-corrected chi connectivity index (χ2v) is 4.25. The van der Waals surface area contributed by atoms with Crippen LogP contribution in [0.4, 0.5) is 0 Å². The van der Waals surface area contributed by atoms with Gasteiger partial charge in [-0.2, -0.15) is 0 Å². The molecule has 0 radical (unpaired) electrons. The summed E-state index contributed by atoms with van der Waals surface area (Å²) in [4.78, 5) is 34.2. The summed E-state index contributed by atoms with van der Waals surface area (Å²) in [5, 5.41) is 18.5. The Balaban J connectivity index is 2.92. The Hall–Kier alpha value is -3.15. The summed E-state index contributed by atoms with van der Waals surface area (Å²) in [6.07, 6.45) is 0. The van der Waals surface area contributed by atoms with Gasteiger partial charge in [-0.25, -0.2) is 9.59 Å². The molecule has 0 unspecified atom stereocenters. The van der Waals surface area contributed by atoms with E-state index in [2.05, 4.69) is 0 Å². The molecule has 0 aromatic heterocycles. The number of carbonyl (C=O) groups is 3. The van der Waals surface area contributed by atoms with E-state index < -0.39 is 29.0 Å². The molecule has 0 bridgehead atoms. The molecule has 4 N–H and O–H groups in total. The fourth-order valence-corrected chi connectivity index (χ4v) is 2.11. The quantitative estimate of drug-likeness (QED) is 0.792. The minimum atomic E-state index is -1.44. The van der Waals surface area contributed by atoms with Crippen LogP contribution in [0.3, 0.4) is 0 Å². The van der Waals surface area contributed by atoms with Gasteiger partial charge in [0.25, 0.3) is 0 Å². The third-order valence-electron chi connectivity index (χ3n) is 2.98. The molecule has 6 heteroatoms. The fraction of sp³-hybridized carbons (Fsp3) is 0. The van der Waals surface area contributed by atoms with Crippen LogP contribution in [0.1, 0.15) is 31.1 Å². The maximum atomic E-state index is 11.5. The normalized spacial score (nSPS) is 10.1. The molecule has 0 fully saturated rings. The predicted octanol–water partition coefficient (Wildman–Crippen LogP) is 1.85. The highest BCUT2D eigenvalue weighted by Crippen LogP contribution is 2.30. The van der Waals surface area contributed by atoms with Crippen molar-refractivity contribution in [3.63, 3.8) is 0 Å². The van der Waals surface area contributed by atoms with Crippen LogP contribution in [0.15, 0.2) is 42.5 Å². The molecule has 106 valence electrons. The van der Waals surface area contributed by atoms with Crippen LogP contribution in [-0.2, 0) is 0 Å². The molecule has 21 heavy (non-hydrogen) atoms. The van der Waals surface area contributed by atoms with E-state index in [1.54, 1.807) is 30.3 Å². The van der Waals surface area contributed by atoms with E-state index in [0.717, 1.165) is 6.07 Å². The van der Waals surface area contributed by atoms with Crippen molar-refractivity contribution in [3.8, 4) is 11.1 Å². The van der Waals surface area contributed by atoms with Gasteiger partial charge in [0.2, 0.25) is 5.91 Å². The standard InChI is InChI=1S/C15H11NO5/c16-13(17)9-6-7-10(14(18)19)12(15(20)21)11(9)8-4-2-1-3-5-8/h1-7H,(H2,16,17)(H,18,19)(H,20,21). The van der Waals surface area contributed by atoms with Crippen LogP contribution in [-0.4, -0.2) is 28.1 Å². The second-order valence-electron chi connectivity index (χ2n) is 4.25. The molecular formula is C15H11NO5. The van der Waals surface area contributed by atoms with Crippen LogP contribution < -0.4 is 5.73 Å². The van der Waals surface area contributed by atoms with Gasteiger partial charge in [-0.1, -0.05) is 30.3 Å². The monoisotopic (exact) mass is 285 g/mol. The molecule has 2 rings (SSSR count). The van der Waals surface area contributed by atoms with E-state index in [1.165, 1.54) is 6.07 Å². The molecule has 0 aliphatic heterocycles. The number of aromatic carboxylic acids is 2. The minimum absolute atomic E-state index is 0.00972. The van der Waals surface area contributed by atoms with Gasteiger partial charge in [0.1, 0.15) is 0 Å². The maximum absolute atomic E-state index is 11.5. The Labute approximate surface area is 119 Å². The zero-order valence-electron chi connectivity index (χ0n) is 10.7. The van der Waals surface area contributed by atoms with Crippen molar-refractivity contribution in [1.29, 1.82) is 0 Å². The van der Waals surface area contributed by atoms with Crippen molar-refractivity contribution in [2.75, 3.05) is 0 Å². The lowest BCUT2D eigenvalue weighted by atomic mass is 9.90. The van der Waals surface area contributed by atoms with Gasteiger partial charge in [-0.3, -0.25) is 4.79 Å². The number of primary amides is 1. The SMILES string of the molecule is NC(=O)c1ccc(C(=O)O)c(C(=O)O)c1-c1ccccc1. The van der Waals surface area contributed by atoms with Crippen LogP contribution in [0.5, 0.6) is 0 Å². The molecule has 0 aliphatic rings. The summed E-state index contributed by atoms with van der Waals surface area (Å²) in [5.41, 5.74) is 4.80. The first-order valence-corrected chi connectivity index (χ1v) is 5.92. The number of amides is 1. The number of hydrogen-bond acceptors (Lipinski definition) is 3. The summed E-state index contributed by atoms with van der Waals surface area (Å²) in [5.74, 6) is -3.65. The molecule has 0 saturated carbocycles. The molecule has 0 atom stereocenters. The highest BCUT2D eigenvalue weighted by Gasteiger charge is 2.25. The van der Waals surface area contributed by atoms with Gasteiger partial charge < -0.3 is 15.9 Å². The van der Waals surface area contributed by atoms with Gasteiger partial charge in [0, 0.05) is 11.1 Å². The summed E-state index contributed by atoms with van der Waals surface area (Å²) < 4.78 is 0. The van der Waals surface area contributed by atoms with Crippen molar-refractivity contribution in [2.45, 2.75) is 0 Å². The Kier molecular flexibility index (Phi) is 3.71. The first-order valence-electron chi connectivity index (χ1n) is 5.92. The lowest BCUT2D eigenvalue weighted by Gasteiger charge is -2.13. The van der Waals surface area contributed by atoms with E-state index in [4.69, 9.17) is 10.8 Å². The smallest absolute Gasteiger partial charge is 0.337 e. The number of rotatable bonds is 4. The Bertz CT molecular complexity index is 737. The predicted molar refractivity (Wildman–Crippen MR) is 74.3 cm³/mol. The maximum Gasteiger partial charge on any atom is 0.337 e. The molecule has 0 aliphatic carbocycles. The van der Waals surface area contributed by atoms with E-state index >= 15 is 0 Å². The Morgan fingerprint density at radius 3 is 1.86 bits per heavy atom. The highest BCUT2D eigenvalue weighted by molar-refractivity contribution is 6.12. The van der Waals surface area contributed by atoms with Crippen LogP contribution >= 0.6 is 0 Å². The van der Waals surface area contributed by atoms with Crippen molar-refractivity contribution < 1.29 is 24.6 Å². The second kappa shape index (κ2) is 5.46. The zero-order valence-corrected chi connectivity index (χ0v) is 10.7. The van der Waals surface area contributed by atoms with Gasteiger partial charge in [-0.05, 0) is 17.7 Å². The van der Waals surface area contributed by atoms with Crippen molar-refractivity contribution in [1.82, 2.24) is 0 Å². The number of hydrogen-bond donors (Lipinski definition) is 3. The van der Waals surface area contributed by atoms with E-state index in [9.17, 15) is 19.5 Å². The Morgan fingerprint density at radius 2 is 1.38 bits per heavy atom. The van der Waals surface area contributed by atoms with Crippen LogP contribution in [0.25, 0.3) is 11.1 Å². The van der Waals surface area contributed by atoms with Gasteiger partial charge >= 0.3 is 11.9 Å². The number of benzene rings is 2. The first kappa shape index (κ1) is 14.3. The average Bonchev–Trinajstić information content (AvgIpc) is 2.46. The summed E-state index contributed by atoms with van der Waals surface area (Å²) >= 11 is 0. The number of carboxylic acids is 2.